The Balaban J connectivity index is -0.0000000450. The normalized spacial score (nSPS) is 4.17. The Bertz CT molecular complexity index is 36.5. The van der Waals surface area contributed by atoms with E-state index in [0.717, 1.165) is 0 Å². The Morgan fingerprint density at radius 1 is 1.67 bits per heavy atom. The molecule has 0 heterocycles. The molecule has 0 aliphatic carbocycles. The van der Waals surface area contributed by atoms with E-state index in [-0.39, 0.29) is 64.9 Å². The first kappa shape index (κ1) is 15.7. The molecule has 6 heavy (non-hydrogen) atoms. The van der Waals surface area contributed by atoms with E-state index < -0.39 is 5.91 Å². The fraction of sp³-hybridized carbons (Fsp3) is 0.500. The molecular formula is C2H5KNOS-. The number of rotatable bonds is 0. The van der Waals surface area contributed by atoms with Crippen LogP contribution in [-0.4, -0.2) is 5.91 Å². The van der Waals surface area contributed by atoms with Crippen LogP contribution in [0.2, 0.25) is 0 Å². The van der Waals surface area contributed by atoms with Crippen molar-refractivity contribution in [3.05, 3.63) is 5.73 Å². The molecule has 0 bridgehead atoms. The first-order valence-electron chi connectivity index (χ1n) is 0.954. The fourth-order valence-corrected chi connectivity index (χ4v) is 0. The summed E-state index contributed by atoms with van der Waals surface area (Å²) < 4.78 is 0. The van der Waals surface area contributed by atoms with Gasteiger partial charge >= 0.3 is 51.4 Å². The van der Waals surface area contributed by atoms with Crippen LogP contribution in [0.25, 0.3) is 5.73 Å². The van der Waals surface area contributed by atoms with E-state index >= 15 is 0 Å². The molecule has 0 rings (SSSR count). The average molecular weight is 130 g/mol. The van der Waals surface area contributed by atoms with Crippen molar-refractivity contribution in [2.45, 2.75) is 6.92 Å². The predicted octanol–water partition coefficient (Wildman–Crippen LogP) is -2.68. The molecule has 0 spiro atoms. The van der Waals surface area contributed by atoms with Crippen LogP contribution in [0.1, 0.15) is 6.92 Å². The molecule has 0 fully saturated rings. The molecule has 4 heteroatoms. The summed E-state index contributed by atoms with van der Waals surface area (Å²) in [7, 11) is 0. The minimum Gasteiger partial charge on any atom is -0.813 e. The van der Waals surface area contributed by atoms with Crippen molar-refractivity contribution in [1.29, 1.82) is 0 Å². The summed E-state index contributed by atoms with van der Waals surface area (Å²) in [5, 5.41) is 0. The van der Waals surface area contributed by atoms with E-state index in [0.29, 0.717) is 0 Å². The third kappa shape index (κ3) is 51.1. The van der Waals surface area contributed by atoms with Crippen LogP contribution in [0.5, 0.6) is 0 Å². The summed E-state index contributed by atoms with van der Waals surface area (Å²) in [5.74, 6) is -0.583. The quantitative estimate of drug-likeness (QED) is 0.204. The molecule has 0 aliphatic rings. The molecule has 0 atom stereocenters. The first-order chi connectivity index (χ1) is 1.73. The van der Waals surface area contributed by atoms with Crippen molar-refractivity contribution in [1.82, 2.24) is 0 Å². The van der Waals surface area contributed by atoms with Crippen LogP contribution >= 0.6 is 0 Å². The van der Waals surface area contributed by atoms with Gasteiger partial charge in [-0.25, -0.2) is 0 Å². The van der Waals surface area contributed by atoms with Crippen LogP contribution in [0.4, 0.5) is 0 Å². The second-order valence-corrected chi connectivity index (χ2v) is 0.556. The predicted molar refractivity (Wildman–Crippen MR) is 23.8 cm³/mol. The Morgan fingerprint density at radius 3 is 1.67 bits per heavy atom. The third-order valence-electron chi connectivity index (χ3n) is 0. The Hall–Kier alpha value is 1.46. The average Bonchev–Trinajstić information content (AvgIpc) is 0.811. The Labute approximate surface area is 86.7 Å². The van der Waals surface area contributed by atoms with Gasteiger partial charge in [0.05, 0.1) is 0 Å². The Kier molecular flexibility index (Phi) is 25.2. The number of carbonyl (C=O) groups is 1. The largest absolute Gasteiger partial charge is 1.00 e. The summed E-state index contributed by atoms with van der Waals surface area (Å²) in [6.07, 6.45) is 0. The monoisotopic (exact) mass is 130 g/mol. The maximum absolute atomic E-state index is 9.11. The maximum Gasteiger partial charge on any atom is 1.00 e. The number of carbonyl (C=O) groups excluding carboxylic acids is 1. The van der Waals surface area contributed by atoms with Gasteiger partial charge in [-0.15, -0.1) is 0 Å². The van der Waals surface area contributed by atoms with E-state index in [4.69, 9.17) is 10.5 Å². The van der Waals surface area contributed by atoms with Gasteiger partial charge in [0.1, 0.15) is 0 Å². The molecule has 2 nitrogen and oxygen atoms in total. The smallest absolute Gasteiger partial charge is 0.813 e. The summed E-state index contributed by atoms with van der Waals surface area (Å²) in [6, 6.07) is 0. The standard InChI is InChI=1S/C2H5NO.K.H2S/c1-2(3)4;;/h1H3,(H2,3,4);;1H2/q;+1;/p-2. The van der Waals surface area contributed by atoms with Crippen LogP contribution in [-0.2, 0) is 18.3 Å². The van der Waals surface area contributed by atoms with Crippen LogP contribution in [0.15, 0.2) is 0 Å². The summed E-state index contributed by atoms with van der Waals surface area (Å²) >= 11 is 0. The van der Waals surface area contributed by atoms with E-state index in [1.165, 1.54) is 6.92 Å². The van der Waals surface area contributed by atoms with Gasteiger partial charge < -0.3 is 24.0 Å². The zero-order chi connectivity index (χ0) is 3.58. The fourth-order valence-electron chi connectivity index (χ4n) is 0. The van der Waals surface area contributed by atoms with Crippen LogP contribution < -0.4 is 51.4 Å². The van der Waals surface area contributed by atoms with Crippen LogP contribution in [0.3, 0.4) is 0 Å². The van der Waals surface area contributed by atoms with Gasteiger partial charge in [-0.05, 0) is 6.92 Å². The summed E-state index contributed by atoms with van der Waals surface area (Å²) in [5.41, 5.74) is 5.94. The molecule has 0 radical (unpaired) electrons. The SMILES string of the molecule is CC([NH-])=O.[K+].[SH-]. The van der Waals surface area contributed by atoms with E-state index in [1.54, 1.807) is 0 Å². The molecule has 0 saturated heterocycles. The van der Waals surface area contributed by atoms with Gasteiger partial charge in [0.2, 0.25) is 0 Å². The van der Waals surface area contributed by atoms with Gasteiger partial charge in [0.25, 0.3) is 0 Å². The molecule has 0 aromatic carbocycles. The van der Waals surface area contributed by atoms with Crippen molar-refractivity contribution in [3.63, 3.8) is 0 Å². The van der Waals surface area contributed by atoms with E-state index in [9.17, 15) is 0 Å². The van der Waals surface area contributed by atoms with Gasteiger partial charge in [0, 0.05) is 5.91 Å². The molecule has 0 unspecified atom stereocenters. The molecule has 1 N–H and O–H groups in total. The van der Waals surface area contributed by atoms with Crippen molar-refractivity contribution in [2.24, 2.45) is 0 Å². The summed E-state index contributed by atoms with van der Waals surface area (Å²) in [6.45, 7) is 1.19. The zero-order valence-corrected chi connectivity index (χ0v) is 7.87. The minimum atomic E-state index is -0.583. The van der Waals surface area contributed by atoms with Gasteiger partial charge in [0.15, 0.2) is 0 Å². The second-order valence-electron chi connectivity index (χ2n) is 0.556. The minimum absolute atomic E-state index is 0. The zero-order valence-electron chi connectivity index (χ0n) is 3.86. The van der Waals surface area contributed by atoms with Crippen molar-refractivity contribution in [3.8, 4) is 0 Å². The van der Waals surface area contributed by atoms with Crippen LogP contribution in [0, 0.1) is 0 Å². The number of amides is 1. The third-order valence-corrected chi connectivity index (χ3v) is 0. The van der Waals surface area contributed by atoms with E-state index in [2.05, 4.69) is 0 Å². The maximum atomic E-state index is 9.11. The van der Waals surface area contributed by atoms with Gasteiger partial charge in [-0.2, -0.15) is 0 Å². The molecule has 0 aromatic heterocycles. The Morgan fingerprint density at radius 2 is 1.67 bits per heavy atom. The molecule has 32 valence electrons. The molecule has 1 amide bonds. The number of hydrogen-bond acceptors (Lipinski definition) is 2. The van der Waals surface area contributed by atoms with Gasteiger partial charge in [-0.3, -0.25) is 0 Å². The van der Waals surface area contributed by atoms with E-state index in [1.807, 2.05) is 0 Å². The topological polar surface area (TPSA) is 40.9 Å². The molecular weight excluding hydrogens is 125 g/mol. The summed E-state index contributed by atoms with van der Waals surface area (Å²) in [4.78, 5) is 9.11. The second kappa shape index (κ2) is 9.68. The van der Waals surface area contributed by atoms with Gasteiger partial charge in [-0.1, -0.05) is 0 Å². The first-order valence-corrected chi connectivity index (χ1v) is 0.954. The van der Waals surface area contributed by atoms with Crippen molar-refractivity contribution in [2.75, 3.05) is 0 Å². The number of thiol groups is 1. The van der Waals surface area contributed by atoms with Crippen molar-refractivity contribution >= 4 is 19.4 Å². The molecule has 0 saturated carbocycles. The molecule has 0 aliphatic heterocycles. The molecule has 0 aromatic rings. The number of nitrogens with one attached hydrogen (secondary N) is 1. The van der Waals surface area contributed by atoms with Crippen molar-refractivity contribution < 1.29 is 56.2 Å². The number of hydrogen-bond donors (Lipinski definition) is 0.